The molecule has 0 aliphatic rings. The highest BCUT2D eigenvalue weighted by Crippen LogP contribution is 2.42. The predicted molar refractivity (Wildman–Crippen MR) is 272 cm³/mol. The van der Waals surface area contributed by atoms with Gasteiger partial charge < -0.3 is 0 Å². The molecule has 0 N–H and O–H groups in total. The molecule has 0 unspecified atom stereocenters. The van der Waals surface area contributed by atoms with E-state index in [9.17, 15) is 0 Å². The summed E-state index contributed by atoms with van der Waals surface area (Å²) in [5, 5.41) is 0. The van der Waals surface area contributed by atoms with E-state index in [-0.39, 0.29) is 0 Å². The molecule has 0 aliphatic heterocycles. The normalized spacial score (nSPS) is 11.0. The molecular weight excluding hydrogens is 805 g/mol. The summed E-state index contributed by atoms with van der Waals surface area (Å²) in [4.78, 5) is 14.2. The Hall–Kier alpha value is -9.00. The number of aromatic nitrogens is 4. The number of benzene rings is 7. The largest absolute Gasteiger partial charge is 0.296 e. The van der Waals surface area contributed by atoms with Gasteiger partial charge in [0.2, 0.25) is 0 Å². The average molecular weight is 849 g/mol. The van der Waals surface area contributed by atoms with Gasteiger partial charge in [-0.25, -0.2) is 9.97 Å². The molecule has 0 radical (unpaired) electrons. The summed E-state index contributed by atoms with van der Waals surface area (Å²) in [6, 6.07) is 89.3. The van der Waals surface area contributed by atoms with E-state index >= 15 is 0 Å². The van der Waals surface area contributed by atoms with Gasteiger partial charge >= 0.3 is 0 Å². The summed E-state index contributed by atoms with van der Waals surface area (Å²) in [5.41, 5.74) is 13.2. The summed E-state index contributed by atoms with van der Waals surface area (Å²) in [5.74, 6) is 3.65. The number of hydrogen-bond donors (Lipinski definition) is 0. The highest BCUT2D eigenvalue weighted by molar-refractivity contribution is 5.82. The fourth-order valence-corrected chi connectivity index (χ4v) is 8.76. The second-order valence-electron chi connectivity index (χ2n) is 15.9. The average Bonchev–Trinajstić information content (AvgIpc) is 4.04. The molecule has 314 valence electrons. The number of rotatable bonds is 12. The third kappa shape index (κ3) is 7.84. The number of para-hydroxylation sites is 2. The zero-order chi connectivity index (χ0) is 44.1. The van der Waals surface area contributed by atoms with E-state index in [1.807, 2.05) is 36.7 Å². The van der Waals surface area contributed by atoms with Crippen LogP contribution in [-0.4, -0.2) is 19.1 Å². The van der Waals surface area contributed by atoms with Crippen LogP contribution in [0.5, 0.6) is 0 Å². The monoisotopic (exact) mass is 848 g/mol. The van der Waals surface area contributed by atoms with Crippen molar-refractivity contribution >= 4 is 34.6 Å². The first kappa shape index (κ1) is 39.8. The molecule has 0 amide bonds. The van der Waals surface area contributed by atoms with Gasteiger partial charge in [0.05, 0.1) is 11.4 Å². The molecule has 0 spiro atoms. The van der Waals surface area contributed by atoms with Gasteiger partial charge in [0.1, 0.15) is 23.3 Å². The van der Waals surface area contributed by atoms with Crippen LogP contribution in [0.1, 0.15) is 0 Å². The molecule has 0 atom stereocenters. The summed E-state index contributed by atoms with van der Waals surface area (Å²) in [6.45, 7) is 0. The van der Waals surface area contributed by atoms with Gasteiger partial charge in [-0.3, -0.25) is 18.9 Å². The summed E-state index contributed by atoms with van der Waals surface area (Å²) in [6.07, 6.45) is 3.70. The van der Waals surface area contributed by atoms with Gasteiger partial charge in [-0.2, -0.15) is 0 Å². The van der Waals surface area contributed by atoms with Crippen molar-refractivity contribution in [2.75, 3.05) is 9.80 Å². The van der Waals surface area contributed by atoms with Crippen LogP contribution in [0.25, 0.3) is 56.1 Å². The molecular formula is C60H44N6. The van der Waals surface area contributed by atoms with Crippen LogP contribution in [0.2, 0.25) is 0 Å². The van der Waals surface area contributed by atoms with Crippen molar-refractivity contribution in [2.45, 2.75) is 0 Å². The van der Waals surface area contributed by atoms with Crippen LogP contribution >= 0.6 is 0 Å². The van der Waals surface area contributed by atoms with Crippen LogP contribution in [0.3, 0.4) is 0 Å². The van der Waals surface area contributed by atoms with Crippen molar-refractivity contribution in [1.29, 1.82) is 0 Å². The third-order valence-corrected chi connectivity index (χ3v) is 11.9. The van der Waals surface area contributed by atoms with Gasteiger partial charge in [0, 0.05) is 35.1 Å². The zero-order valence-corrected chi connectivity index (χ0v) is 36.1. The standard InChI is InChI=1S/C60H44N6/c1-5-17-49(18-6-1)55-39-41-59(63(55)51-21-9-3-10-22-51)65(57-25-13-15-43-61-57)53-35-31-47(32-36-53)45-27-29-46(30-28-45)48-33-37-54(38-34-48)66(58-26-14-16-44-62-58)60-42-40-56(50-19-7-2-8-20-50)64(60)52-23-11-4-12-24-52/h1-44H. The molecule has 0 bridgehead atoms. The fourth-order valence-electron chi connectivity index (χ4n) is 8.76. The summed E-state index contributed by atoms with van der Waals surface area (Å²) < 4.78 is 4.62. The highest BCUT2D eigenvalue weighted by Gasteiger charge is 2.23. The molecule has 6 heteroatoms. The molecule has 0 saturated heterocycles. The smallest absolute Gasteiger partial charge is 0.138 e. The third-order valence-electron chi connectivity index (χ3n) is 11.9. The second kappa shape index (κ2) is 18.0. The molecule has 4 heterocycles. The van der Waals surface area contributed by atoms with Crippen LogP contribution < -0.4 is 9.80 Å². The van der Waals surface area contributed by atoms with E-state index in [1.165, 1.54) is 0 Å². The van der Waals surface area contributed by atoms with Gasteiger partial charge in [-0.15, -0.1) is 0 Å². The van der Waals surface area contributed by atoms with Crippen molar-refractivity contribution < 1.29 is 0 Å². The van der Waals surface area contributed by atoms with Gasteiger partial charge in [-0.1, -0.05) is 158 Å². The Morgan fingerprint density at radius 2 is 0.576 bits per heavy atom. The van der Waals surface area contributed by atoms with Gasteiger partial charge in [0.25, 0.3) is 0 Å². The minimum atomic E-state index is 0.834. The number of hydrogen-bond acceptors (Lipinski definition) is 4. The van der Waals surface area contributed by atoms with Crippen LogP contribution in [-0.2, 0) is 0 Å². The van der Waals surface area contributed by atoms with Gasteiger partial charge in [-0.05, 0) is 130 Å². The lowest BCUT2D eigenvalue weighted by molar-refractivity contribution is 1.03. The first-order valence-electron chi connectivity index (χ1n) is 22.2. The van der Waals surface area contributed by atoms with Gasteiger partial charge in [0.15, 0.2) is 0 Å². The first-order chi connectivity index (χ1) is 32.8. The van der Waals surface area contributed by atoms with E-state index in [2.05, 4.69) is 249 Å². The molecule has 4 aromatic heterocycles. The van der Waals surface area contributed by atoms with Crippen molar-refractivity contribution in [3.8, 4) is 56.1 Å². The molecule has 11 rings (SSSR count). The Balaban J connectivity index is 0.900. The Morgan fingerprint density at radius 1 is 0.258 bits per heavy atom. The van der Waals surface area contributed by atoms with Crippen molar-refractivity contribution in [1.82, 2.24) is 19.1 Å². The Kier molecular flexibility index (Phi) is 10.9. The molecule has 11 aromatic rings. The summed E-state index contributed by atoms with van der Waals surface area (Å²) in [7, 11) is 0. The van der Waals surface area contributed by atoms with Crippen molar-refractivity contribution in [2.24, 2.45) is 0 Å². The minimum Gasteiger partial charge on any atom is -0.296 e. The summed E-state index contributed by atoms with van der Waals surface area (Å²) >= 11 is 0. The maximum absolute atomic E-state index is 4.85. The van der Waals surface area contributed by atoms with E-state index in [0.29, 0.717) is 0 Å². The molecule has 66 heavy (non-hydrogen) atoms. The number of anilines is 6. The van der Waals surface area contributed by atoms with E-state index in [1.54, 1.807) is 0 Å². The SMILES string of the molecule is c1ccc(-c2ccc(N(c3ccc(-c4ccc(-c5ccc(N(c6ccccn6)c6ccc(-c7ccccc7)n6-c6ccccc6)cc5)cc4)cc3)c3ccccn3)n2-c2ccccc2)cc1. The van der Waals surface area contributed by atoms with E-state index in [4.69, 9.17) is 9.97 Å². The van der Waals surface area contributed by atoms with Crippen LogP contribution in [0.15, 0.2) is 267 Å². The lowest BCUT2D eigenvalue weighted by Crippen LogP contribution is -2.15. The molecule has 7 aromatic carbocycles. The van der Waals surface area contributed by atoms with E-state index < -0.39 is 0 Å². The number of nitrogens with zero attached hydrogens (tertiary/aromatic N) is 6. The topological polar surface area (TPSA) is 42.1 Å². The maximum atomic E-state index is 4.85. The Morgan fingerprint density at radius 3 is 0.909 bits per heavy atom. The molecule has 6 nitrogen and oxygen atoms in total. The fraction of sp³-hybridized carbons (Fsp3) is 0. The minimum absolute atomic E-state index is 0.834. The zero-order valence-electron chi connectivity index (χ0n) is 36.1. The quantitative estimate of drug-likeness (QED) is 0.123. The van der Waals surface area contributed by atoms with Crippen molar-refractivity contribution in [3.05, 3.63) is 267 Å². The lowest BCUT2D eigenvalue weighted by Gasteiger charge is -2.27. The molecule has 0 fully saturated rings. The number of pyridine rings is 2. The maximum Gasteiger partial charge on any atom is 0.138 e. The van der Waals surface area contributed by atoms with Crippen molar-refractivity contribution in [3.63, 3.8) is 0 Å². The second-order valence-corrected chi connectivity index (χ2v) is 15.9. The lowest BCUT2D eigenvalue weighted by atomic mass is 10.00. The van der Waals surface area contributed by atoms with Crippen LogP contribution in [0.4, 0.5) is 34.6 Å². The van der Waals surface area contributed by atoms with Crippen LogP contribution in [0, 0.1) is 0 Å². The molecule has 0 aliphatic carbocycles. The first-order valence-corrected chi connectivity index (χ1v) is 22.2. The Labute approximate surface area is 385 Å². The Bertz CT molecular complexity index is 3070. The molecule has 0 saturated carbocycles. The van der Waals surface area contributed by atoms with E-state index in [0.717, 1.165) is 90.8 Å². The predicted octanol–water partition coefficient (Wildman–Crippen LogP) is 15.7. The highest BCUT2D eigenvalue weighted by atomic mass is 15.3.